The van der Waals surface area contributed by atoms with Gasteiger partial charge < -0.3 is 24.8 Å². The van der Waals surface area contributed by atoms with Crippen LogP contribution in [0.2, 0.25) is 0 Å². The first-order valence-corrected chi connectivity index (χ1v) is 11.1. The largest absolute Gasteiger partial charge is 0.573 e. The van der Waals surface area contributed by atoms with Crippen LogP contribution in [0.3, 0.4) is 0 Å². The Morgan fingerprint density at radius 2 is 1.75 bits per heavy atom. The minimum atomic E-state index is -4.91. The summed E-state index contributed by atoms with van der Waals surface area (Å²) in [5.41, 5.74) is -1.48. The number of ether oxygens (including phenoxy) is 2. The van der Waals surface area contributed by atoms with Crippen molar-refractivity contribution in [2.75, 3.05) is 6.61 Å². The molecule has 15 heteroatoms. The average Bonchev–Trinajstić information content (AvgIpc) is 3.28. The van der Waals surface area contributed by atoms with E-state index in [4.69, 9.17) is 4.74 Å². The summed E-state index contributed by atoms with van der Waals surface area (Å²) in [7, 11) is 0. The number of alkyl halides is 3. The van der Waals surface area contributed by atoms with Crippen molar-refractivity contribution in [1.82, 2.24) is 15.0 Å². The Bertz CT molecular complexity index is 1210. The fraction of sp³-hybridized carbons (Fsp3) is 0.333. The molecule has 3 N–H and O–H groups in total. The average molecular weight is 537 g/mol. The highest BCUT2D eigenvalue weighted by atomic mass is 32.2. The van der Waals surface area contributed by atoms with E-state index < -0.39 is 66.0 Å². The molecule has 1 aliphatic rings. The first kappa shape index (κ1) is 26.2. The van der Waals surface area contributed by atoms with Crippen molar-refractivity contribution in [2.45, 2.75) is 41.0 Å². The van der Waals surface area contributed by atoms with Gasteiger partial charge in [0, 0.05) is 10.5 Å². The van der Waals surface area contributed by atoms with Crippen molar-refractivity contribution < 1.29 is 51.1 Å². The molecule has 3 aromatic rings. The van der Waals surface area contributed by atoms with E-state index in [2.05, 4.69) is 15.0 Å². The molecule has 0 amide bonds. The molecule has 5 unspecified atom stereocenters. The second kappa shape index (κ2) is 10.3. The zero-order valence-electron chi connectivity index (χ0n) is 17.8. The quantitative estimate of drug-likeness (QED) is 0.325. The van der Waals surface area contributed by atoms with Crippen LogP contribution >= 0.6 is 11.8 Å². The monoisotopic (exact) mass is 537 g/mol. The summed E-state index contributed by atoms with van der Waals surface area (Å²) in [6.45, 7) is -0.686. The van der Waals surface area contributed by atoms with Gasteiger partial charge in [0.15, 0.2) is 17.5 Å². The zero-order valence-corrected chi connectivity index (χ0v) is 18.6. The summed E-state index contributed by atoms with van der Waals surface area (Å²) in [5, 5.41) is 38.8. The van der Waals surface area contributed by atoms with Crippen molar-refractivity contribution in [1.29, 1.82) is 0 Å². The van der Waals surface area contributed by atoms with E-state index in [0.29, 0.717) is 12.1 Å². The Morgan fingerprint density at radius 3 is 2.39 bits per heavy atom. The Kier molecular flexibility index (Phi) is 7.47. The first-order chi connectivity index (χ1) is 17.0. The van der Waals surface area contributed by atoms with Gasteiger partial charge in [-0.3, -0.25) is 0 Å². The molecule has 1 aliphatic heterocycles. The van der Waals surface area contributed by atoms with Crippen molar-refractivity contribution in [3.8, 4) is 17.0 Å². The van der Waals surface area contributed by atoms with Gasteiger partial charge >= 0.3 is 6.36 Å². The lowest BCUT2D eigenvalue weighted by Crippen LogP contribution is -2.55. The van der Waals surface area contributed by atoms with Crippen molar-refractivity contribution in [3.63, 3.8) is 0 Å². The van der Waals surface area contributed by atoms with Crippen LogP contribution in [0.4, 0.5) is 26.3 Å². The van der Waals surface area contributed by atoms with E-state index in [1.54, 1.807) is 0 Å². The lowest BCUT2D eigenvalue weighted by Gasteiger charge is -2.41. The highest BCUT2D eigenvalue weighted by molar-refractivity contribution is 7.99. The number of rotatable bonds is 6. The van der Waals surface area contributed by atoms with Crippen molar-refractivity contribution in [2.24, 2.45) is 0 Å². The van der Waals surface area contributed by atoms with Gasteiger partial charge in [0.1, 0.15) is 41.2 Å². The van der Waals surface area contributed by atoms with Crippen LogP contribution in [-0.2, 0) is 4.74 Å². The van der Waals surface area contributed by atoms with Gasteiger partial charge in [-0.15, -0.1) is 18.3 Å². The number of hydrogen-bond acceptors (Lipinski definition) is 8. The maximum atomic E-state index is 13.6. The maximum Gasteiger partial charge on any atom is 0.573 e. The number of nitrogens with zero attached hydrogens (tertiary/aromatic N) is 3. The van der Waals surface area contributed by atoms with Crippen LogP contribution in [-0.4, -0.2) is 67.0 Å². The summed E-state index contributed by atoms with van der Waals surface area (Å²) >= 11 is 0.797. The molecule has 0 radical (unpaired) electrons. The molecule has 2 aromatic carbocycles. The molecule has 1 saturated heterocycles. The highest BCUT2D eigenvalue weighted by Gasteiger charge is 2.46. The van der Waals surface area contributed by atoms with E-state index in [0.717, 1.165) is 34.8 Å². The number of aliphatic hydroxyl groups excluding tert-OH is 3. The van der Waals surface area contributed by atoms with Crippen LogP contribution < -0.4 is 4.74 Å². The number of thioether (sulfide) groups is 1. The Labute approximate surface area is 203 Å². The third-order valence-corrected chi connectivity index (χ3v) is 6.38. The number of halogens is 6. The number of aromatic nitrogens is 3. The molecule has 0 spiro atoms. The Hall–Kier alpha value is -2.85. The third-order valence-electron chi connectivity index (χ3n) is 5.24. The van der Waals surface area contributed by atoms with Gasteiger partial charge in [0.05, 0.1) is 12.8 Å². The molecule has 8 nitrogen and oxygen atoms in total. The zero-order chi connectivity index (χ0) is 26.2. The second-order valence-electron chi connectivity index (χ2n) is 7.68. The van der Waals surface area contributed by atoms with Gasteiger partial charge in [-0.05, 0) is 30.3 Å². The topological polar surface area (TPSA) is 110 Å². The normalized spacial score (nSPS) is 24.6. The van der Waals surface area contributed by atoms with E-state index in [1.165, 1.54) is 12.1 Å². The van der Waals surface area contributed by atoms with Crippen LogP contribution in [0.1, 0.15) is 6.04 Å². The maximum absolute atomic E-state index is 13.6. The number of hydrogen-bond donors (Lipinski definition) is 3. The van der Waals surface area contributed by atoms with Gasteiger partial charge in [0.2, 0.25) is 0 Å². The molecule has 0 bridgehead atoms. The minimum Gasteiger partial charge on any atom is -0.406 e. The second-order valence-corrected chi connectivity index (χ2v) is 8.85. The number of aliphatic hydroxyl groups is 3. The fourth-order valence-corrected chi connectivity index (χ4v) is 4.72. The number of benzene rings is 2. The van der Waals surface area contributed by atoms with Gasteiger partial charge in [-0.2, -0.15) is 0 Å². The Morgan fingerprint density at radius 1 is 1.06 bits per heavy atom. The Balaban J connectivity index is 1.60. The third kappa shape index (κ3) is 5.59. The lowest BCUT2D eigenvalue weighted by molar-refractivity contribution is -0.274. The molecule has 1 aromatic heterocycles. The van der Waals surface area contributed by atoms with Crippen LogP contribution in [0.25, 0.3) is 11.3 Å². The van der Waals surface area contributed by atoms with E-state index in [-0.39, 0.29) is 16.2 Å². The molecule has 5 atom stereocenters. The first-order valence-electron chi connectivity index (χ1n) is 10.2. The van der Waals surface area contributed by atoms with E-state index in [9.17, 15) is 41.7 Å². The minimum absolute atomic E-state index is 0.111. The van der Waals surface area contributed by atoms with Gasteiger partial charge in [-0.1, -0.05) is 23.0 Å². The van der Waals surface area contributed by atoms with Crippen LogP contribution in [0.5, 0.6) is 5.75 Å². The summed E-state index contributed by atoms with van der Waals surface area (Å²) in [6, 6.07) is 4.95. The standard InChI is InChI=1S/C21H17F6N3O5S/c22-12-4-9(5-13(23)16(12)24)14-7-30(29-28-14)17-18(32)15(8-31)34-20(19(17)33)36-11-3-1-2-10(6-11)35-21(25,26)27/h1-7,15,17-20,31-33H,8H2. The predicted octanol–water partition coefficient (Wildman–Crippen LogP) is 3.03. The molecule has 1 fully saturated rings. The smallest absolute Gasteiger partial charge is 0.406 e. The highest BCUT2D eigenvalue weighted by Crippen LogP contribution is 2.39. The molecule has 4 rings (SSSR count). The fourth-order valence-electron chi connectivity index (χ4n) is 3.61. The van der Waals surface area contributed by atoms with Crippen LogP contribution in [0, 0.1) is 17.5 Å². The summed E-state index contributed by atoms with van der Waals surface area (Å²) in [6.07, 6.45) is -8.08. The lowest BCUT2D eigenvalue weighted by atomic mass is 9.97. The SMILES string of the molecule is OCC1OC(Sc2cccc(OC(F)(F)F)c2)C(O)C(n2cc(-c3cc(F)c(F)c(F)c3)nn2)C1O. The predicted molar refractivity (Wildman–Crippen MR) is 111 cm³/mol. The summed E-state index contributed by atoms with van der Waals surface area (Å²) < 4.78 is 88.5. The molecule has 36 heavy (non-hydrogen) atoms. The molecular weight excluding hydrogens is 520 g/mol. The molecule has 194 valence electrons. The van der Waals surface area contributed by atoms with Crippen molar-refractivity contribution >= 4 is 11.8 Å². The molecule has 2 heterocycles. The summed E-state index contributed by atoms with van der Waals surface area (Å²) in [5.74, 6) is -5.09. The van der Waals surface area contributed by atoms with Gasteiger partial charge in [-0.25, -0.2) is 17.9 Å². The van der Waals surface area contributed by atoms with Gasteiger partial charge in [0.25, 0.3) is 0 Å². The molecule has 0 saturated carbocycles. The summed E-state index contributed by atoms with van der Waals surface area (Å²) in [4.78, 5) is 0.212. The van der Waals surface area contributed by atoms with E-state index in [1.807, 2.05) is 0 Å². The van der Waals surface area contributed by atoms with E-state index >= 15 is 0 Å². The molecule has 0 aliphatic carbocycles. The van der Waals surface area contributed by atoms with Crippen LogP contribution in [0.15, 0.2) is 47.5 Å². The molecular formula is C21H17F6N3O5S. The van der Waals surface area contributed by atoms with Crippen molar-refractivity contribution in [3.05, 3.63) is 60.0 Å².